The quantitative estimate of drug-likeness (QED) is 0.588. The van der Waals surface area contributed by atoms with Gasteiger partial charge in [0.15, 0.2) is 0 Å². The lowest BCUT2D eigenvalue weighted by Crippen LogP contribution is -2.29. The number of nitrogens with two attached hydrogens (primary N) is 1. The number of methoxy groups -OCH3 is 2. The van der Waals surface area contributed by atoms with Crippen LogP contribution in [0.5, 0.6) is 5.75 Å². The maximum Gasteiger partial charge on any atom is 0.306 e. The number of benzene rings is 1. The number of halogens is 1. The molecule has 1 aromatic carbocycles. The summed E-state index contributed by atoms with van der Waals surface area (Å²) in [5.41, 5.74) is 6.00. The predicted molar refractivity (Wildman–Crippen MR) is 81.6 cm³/mol. The van der Waals surface area contributed by atoms with Gasteiger partial charge in [0, 0.05) is 23.8 Å². The third-order valence-corrected chi connectivity index (χ3v) is 5.39. The van der Waals surface area contributed by atoms with Gasteiger partial charge in [-0.2, -0.15) is 0 Å². The Kier molecular flexibility index (Phi) is 5.99. The summed E-state index contributed by atoms with van der Waals surface area (Å²) in [4.78, 5) is 11.0. The molecule has 9 heteroatoms. The zero-order valence-corrected chi connectivity index (χ0v) is 14.3. The first-order valence-corrected chi connectivity index (χ1v) is 8.13. The monoisotopic (exact) mass is 380 g/mol. The van der Waals surface area contributed by atoms with E-state index in [1.807, 2.05) is 0 Å². The Morgan fingerprint density at radius 3 is 2.52 bits per heavy atom. The number of sulfonamides is 1. The zero-order chi connectivity index (χ0) is 16.2. The summed E-state index contributed by atoms with van der Waals surface area (Å²) in [5, 5.41) is 0. The van der Waals surface area contributed by atoms with Crippen LogP contribution in [0.1, 0.15) is 6.42 Å². The van der Waals surface area contributed by atoms with Gasteiger partial charge >= 0.3 is 5.97 Å². The molecule has 0 amide bonds. The van der Waals surface area contributed by atoms with Crippen molar-refractivity contribution in [3.05, 3.63) is 16.6 Å². The fourth-order valence-corrected chi connectivity index (χ4v) is 3.21. The minimum atomic E-state index is -3.83. The average molecular weight is 381 g/mol. The topological polar surface area (TPSA) is 98.9 Å². The van der Waals surface area contributed by atoms with Crippen molar-refractivity contribution in [1.82, 2.24) is 4.31 Å². The van der Waals surface area contributed by atoms with Gasteiger partial charge in [-0.25, -0.2) is 12.7 Å². The van der Waals surface area contributed by atoms with Crippen molar-refractivity contribution in [2.75, 3.05) is 33.5 Å². The van der Waals surface area contributed by atoms with E-state index >= 15 is 0 Å². The van der Waals surface area contributed by atoms with Crippen LogP contribution >= 0.6 is 15.9 Å². The molecule has 21 heavy (non-hydrogen) atoms. The molecule has 0 aliphatic carbocycles. The Balaban J connectivity index is 3.12. The number of carbonyl (C=O) groups is 1. The van der Waals surface area contributed by atoms with E-state index in [1.165, 1.54) is 33.4 Å². The smallest absolute Gasteiger partial charge is 0.306 e. The van der Waals surface area contributed by atoms with Crippen LogP contribution in [0.3, 0.4) is 0 Å². The van der Waals surface area contributed by atoms with Crippen molar-refractivity contribution in [3.63, 3.8) is 0 Å². The number of nitrogen functional groups attached to an aromatic ring is 1. The first-order valence-electron chi connectivity index (χ1n) is 5.90. The number of ether oxygens (including phenoxy) is 2. The highest BCUT2D eigenvalue weighted by Crippen LogP contribution is 2.33. The van der Waals surface area contributed by atoms with Crippen LogP contribution in [0.2, 0.25) is 0 Å². The highest BCUT2D eigenvalue weighted by molar-refractivity contribution is 9.10. The predicted octanol–water partition coefficient (Wildman–Crippen LogP) is 1.22. The van der Waals surface area contributed by atoms with Crippen LogP contribution in [-0.2, 0) is 19.6 Å². The molecule has 1 aromatic rings. The van der Waals surface area contributed by atoms with Crippen molar-refractivity contribution in [2.24, 2.45) is 0 Å². The standard InChI is InChI=1S/C12H17BrN2O5S/c1-15(5-4-12(16)20-3)21(17,18)11-7-9(14)8(13)6-10(11)19-2/h6-7H,4-5,14H2,1-3H3. The van der Waals surface area contributed by atoms with Gasteiger partial charge in [0.1, 0.15) is 10.6 Å². The van der Waals surface area contributed by atoms with Crippen LogP contribution in [0.25, 0.3) is 0 Å². The number of esters is 1. The second-order valence-corrected chi connectivity index (χ2v) is 7.04. The Labute approximate surface area is 132 Å². The van der Waals surface area contributed by atoms with Crippen LogP contribution < -0.4 is 10.5 Å². The fourth-order valence-electron chi connectivity index (χ4n) is 1.55. The largest absolute Gasteiger partial charge is 0.495 e. The lowest BCUT2D eigenvalue weighted by atomic mass is 10.3. The van der Waals surface area contributed by atoms with Gasteiger partial charge in [-0.05, 0) is 28.1 Å². The molecule has 0 saturated heterocycles. The van der Waals surface area contributed by atoms with Crippen molar-refractivity contribution >= 4 is 37.6 Å². The summed E-state index contributed by atoms with van der Waals surface area (Å²) in [6.45, 7) is -0.00582. The highest BCUT2D eigenvalue weighted by Gasteiger charge is 2.26. The van der Waals surface area contributed by atoms with E-state index in [9.17, 15) is 13.2 Å². The van der Waals surface area contributed by atoms with Gasteiger partial charge in [0.25, 0.3) is 0 Å². The minimum Gasteiger partial charge on any atom is -0.495 e. The van der Waals surface area contributed by atoms with E-state index < -0.39 is 16.0 Å². The van der Waals surface area contributed by atoms with Crippen LogP contribution in [0.15, 0.2) is 21.5 Å². The lowest BCUT2D eigenvalue weighted by molar-refractivity contribution is -0.140. The van der Waals surface area contributed by atoms with Gasteiger partial charge in [0.05, 0.1) is 20.6 Å². The van der Waals surface area contributed by atoms with Crippen LogP contribution in [0, 0.1) is 0 Å². The van der Waals surface area contributed by atoms with Gasteiger partial charge in [-0.3, -0.25) is 4.79 Å². The van der Waals surface area contributed by atoms with Crippen molar-refractivity contribution in [2.45, 2.75) is 11.3 Å². The van der Waals surface area contributed by atoms with E-state index in [1.54, 1.807) is 0 Å². The molecule has 0 fully saturated rings. The summed E-state index contributed by atoms with van der Waals surface area (Å²) in [7, 11) is 0.158. The first kappa shape index (κ1) is 17.7. The average Bonchev–Trinajstić information content (AvgIpc) is 2.46. The van der Waals surface area contributed by atoms with Crippen LogP contribution in [-0.4, -0.2) is 46.5 Å². The molecule has 0 spiro atoms. The Morgan fingerprint density at radius 2 is 2.00 bits per heavy atom. The summed E-state index contributed by atoms with van der Waals surface area (Å²) in [6.07, 6.45) is -0.0411. The second kappa shape index (κ2) is 7.10. The van der Waals surface area contributed by atoms with E-state index in [2.05, 4.69) is 20.7 Å². The summed E-state index contributed by atoms with van der Waals surface area (Å²) >= 11 is 3.21. The van der Waals surface area contributed by atoms with E-state index in [0.29, 0.717) is 4.47 Å². The van der Waals surface area contributed by atoms with Crippen molar-refractivity contribution in [3.8, 4) is 5.75 Å². The Morgan fingerprint density at radius 1 is 1.38 bits per heavy atom. The molecule has 0 aromatic heterocycles. The minimum absolute atomic E-state index is 0.00582. The number of hydrogen-bond donors (Lipinski definition) is 1. The SMILES string of the molecule is COC(=O)CCN(C)S(=O)(=O)c1cc(N)c(Br)cc1OC. The molecule has 7 nitrogen and oxygen atoms in total. The first-order chi connectivity index (χ1) is 9.73. The third kappa shape index (κ3) is 4.08. The van der Waals surface area contributed by atoms with E-state index in [0.717, 1.165) is 4.31 Å². The molecule has 1 rings (SSSR count). The number of carbonyl (C=O) groups excluding carboxylic acids is 1. The molecule has 0 saturated carbocycles. The lowest BCUT2D eigenvalue weighted by Gasteiger charge is -2.19. The molecule has 0 radical (unpaired) electrons. The maximum atomic E-state index is 12.5. The molecule has 118 valence electrons. The molecule has 0 bridgehead atoms. The van der Waals surface area contributed by atoms with Gasteiger partial charge < -0.3 is 15.2 Å². The third-order valence-electron chi connectivity index (χ3n) is 2.83. The molecular weight excluding hydrogens is 364 g/mol. The number of hydrogen-bond acceptors (Lipinski definition) is 6. The molecule has 0 heterocycles. The maximum absolute atomic E-state index is 12.5. The number of nitrogens with zero attached hydrogens (tertiary/aromatic N) is 1. The zero-order valence-electron chi connectivity index (χ0n) is 11.9. The summed E-state index contributed by atoms with van der Waals surface area (Å²) in [5.74, 6) is -0.319. The van der Waals surface area contributed by atoms with E-state index in [-0.39, 0.29) is 29.3 Å². The van der Waals surface area contributed by atoms with Crippen molar-refractivity contribution in [1.29, 1.82) is 0 Å². The molecule has 0 atom stereocenters. The van der Waals surface area contributed by atoms with Crippen molar-refractivity contribution < 1.29 is 22.7 Å². The van der Waals surface area contributed by atoms with Gasteiger partial charge in [-0.15, -0.1) is 0 Å². The molecule has 2 N–H and O–H groups in total. The molecule has 0 unspecified atom stereocenters. The summed E-state index contributed by atoms with van der Waals surface area (Å²) in [6, 6.07) is 2.79. The fraction of sp³-hybridized carbons (Fsp3) is 0.417. The molecule has 0 aliphatic rings. The summed E-state index contributed by atoms with van der Waals surface area (Å²) < 4.78 is 36.2. The van der Waals surface area contributed by atoms with E-state index in [4.69, 9.17) is 10.5 Å². The molecular formula is C12H17BrN2O5S. The van der Waals surface area contributed by atoms with Gasteiger partial charge in [0.2, 0.25) is 10.0 Å². The number of anilines is 1. The van der Waals surface area contributed by atoms with Crippen LogP contribution in [0.4, 0.5) is 5.69 Å². The molecule has 0 aliphatic heterocycles. The van der Waals surface area contributed by atoms with Gasteiger partial charge in [-0.1, -0.05) is 0 Å². The Bertz CT molecular complexity index is 633. The Hall–Kier alpha value is -1.32. The second-order valence-electron chi connectivity index (χ2n) is 4.18. The normalized spacial score (nSPS) is 11.5. The number of rotatable bonds is 6. The highest BCUT2D eigenvalue weighted by atomic mass is 79.9.